The molecule has 8 heteroatoms. The van der Waals surface area contributed by atoms with Crippen molar-refractivity contribution < 1.29 is 13.2 Å². The third-order valence-electron chi connectivity index (χ3n) is 5.29. The van der Waals surface area contributed by atoms with Gasteiger partial charge in [-0.2, -0.15) is 17.0 Å². The molecule has 0 aromatic rings. The molecule has 0 aromatic carbocycles. The van der Waals surface area contributed by atoms with Crippen LogP contribution in [0, 0.1) is 5.92 Å². The topological polar surface area (TPSA) is 65.1 Å². The molecule has 3 atom stereocenters. The standard InChI is InChI=1S/C16H32N4O3S/c1-14-11-20(12-15(2)23-14)24(21,22)19-8-6-18(7-9-19)13-16-4-3-5-17-10-16/h14-17H,3-13H2,1-2H3. The Bertz CT molecular complexity index is 491. The average Bonchev–Trinajstić information content (AvgIpc) is 2.55. The first-order valence-corrected chi connectivity index (χ1v) is 10.7. The van der Waals surface area contributed by atoms with E-state index in [2.05, 4.69) is 10.2 Å². The highest BCUT2D eigenvalue weighted by atomic mass is 32.2. The maximum absolute atomic E-state index is 12.9. The lowest BCUT2D eigenvalue weighted by atomic mass is 9.99. The van der Waals surface area contributed by atoms with Gasteiger partial charge in [0, 0.05) is 45.8 Å². The quantitative estimate of drug-likeness (QED) is 0.762. The molecule has 24 heavy (non-hydrogen) atoms. The molecule has 0 radical (unpaired) electrons. The minimum atomic E-state index is -3.36. The zero-order chi connectivity index (χ0) is 17.2. The van der Waals surface area contributed by atoms with Gasteiger partial charge in [0.15, 0.2) is 0 Å². The summed E-state index contributed by atoms with van der Waals surface area (Å²) in [6.45, 7) is 11.0. The van der Waals surface area contributed by atoms with Crippen LogP contribution in [0.3, 0.4) is 0 Å². The molecule has 0 spiro atoms. The van der Waals surface area contributed by atoms with Gasteiger partial charge in [-0.1, -0.05) is 0 Å². The SMILES string of the molecule is CC1CN(S(=O)(=O)N2CCN(CC3CCCNC3)CC2)CC(C)O1. The first-order chi connectivity index (χ1) is 11.4. The number of piperazine rings is 1. The first-order valence-electron chi connectivity index (χ1n) is 9.29. The number of nitrogens with one attached hydrogen (secondary N) is 1. The van der Waals surface area contributed by atoms with Gasteiger partial charge in [0.05, 0.1) is 12.2 Å². The van der Waals surface area contributed by atoms with Gasteiger partial charge >= 0.3 is 0 Å². The zero-order valence-corrected chi connectivity index (χ0v) is 15.8. The monoisotopic (exact) mass is 360 g/mol. The van der Waals surface area contributed by atoms with Crippen LogP contribution in [0.25, 0.3) is 0 Å². The molecule has 0 aliphatic carbocycles. The number of hydrogen-bond donors (Lipinski definition) is 1. The summed E-state index contributed by atoms with van der Waals surface area (Å²) in [5, 5.41) is 3.46. The third kappa shape index (κ3) is 4.47. The van der Waals surface area contributed by atoms with Gasteiger partial charge in [0.1, 0.15) is 0 Å². The van der Waals surface area contributed by atoms with Crippen LogP contribution >= 0.6 is 0 Å². The van der Waals surface area contributed by atoms with Crippen molar-refractivity contribution in [1.82, 2.24) is 18.8 Å². The molecule has 0 amide bonds. The Labute approximate surface area is 146 Å². The Kier molecular flexibility index (Phi) is 6.16. The number of rotatable bonds is 4. The van der Waals surface area contributed by atoms with Crippen molar-refractivity contribution in [3.05, 3.63) is 0 Å². The van der Waals surface area contributed by atoms with E-state index in [1.165, 1.54) is 12.8 Å². The molecular formula is C16H32N4O3S. The van der Waals surface area contributed by atoms with Crippen LogP contribution in [0.1, 0.15) is 26.7 Å². The van der Waals surface area contributed by atoms with Crippen molar-refractivity contribution in [3.8, 4) is 0 Å². The zero-order valence-electron chi connectivity index (χ0n) is 15.0. The Morgan fingerprint density at radius 1 is 1.04 bits per heavy atom. The minimum Gasteiger partial charge on any atom is -0.373 e. The minimum absolute atomic E-state index is 0.0383. The van der Waals surface area contributed by atoms with Crippen LogP contribution in [0.2, 0.25) is 0 Å². The number of morpholine rings is 1. The molecule has 3 aliphatic rings. The van der Waals surface area contributed by atoms with Crippen molar-refractivity contribution in [3.63, 3.8) is 0 Å². The van der Waals surface area contributed by atoms with E-state index >= 15 is 0 Å². The molecule has 1 N–H and O–H groups in total. The van der Waals surface area contributed by atoms with Crippen molar-refractivity contribution >= 4 is 10.2 Å². The first kappa shape index (κ1) is 18.5. The fourth-order valence-corrected chi connectivity index (χ4v) is 5.82. The Balaban J connectivity index is 1.51. The smallest absolute Gasteiger partial charge is 0.282 e. The van der Waals surface area contributed by atoms with Crippen molar-refractivity contribution in [2.75, 3.05) is 58.9 Å². The Morgan fingerprint density at radius 3 is 2.29 bits per heavy atom. The van der Waals surface area contributed by atoms with E-state index in [1.807, 2.05) is 13.8 Å². The second-order valence-electron chi connectivity index (χ2n) is 7.49. The summed E-state index contributed by atoms with van der Waals surface area (Å²) in [6, 6.07) is 0. The van der Waals surface area contributed by atoms with Gasteiger partial charge < -0.3 is 15.0 Å². The highest BCUT2D eigenvalue weighted by Crippen LogP contribution is 2.20. The van der Waals surface area contributed by atoms with Crippen molar-refractivity contribution in [2.24, 2.45) is 5.92 Å². The number of ether oxygens (including phenoxy) is 1. The highest BCUT2D eigenvalue weighted by molar-refractivity contribution is 7.86. The lowest BCUT2D eigenvalue weighted by Gasteiger charge is -2.41. The van der Waals surface area contributed by atoms with Gasteiger partial charge in [-0.25, -0.2) is 0 Å². The van der Waals surface area contributed by atoms with E-state index in [9.17, 15) is 8.42 Å². The summed E-state index contributed by atoms with van der Waals surface area (Å²) >= 11 is 0. The summed E-state index contributed by atoms with van der Waals surface area (Å²) in [7, 11) is -3.36. The largest absolute Gasteiger partial charge is 0.373 e. The van der Waals surface area contributed by atoms with Crippen LogP contribution in [0.4, 0.5) is 0 Å². The van der Waals surface area contributed by atoms with Gasteiger partial charge in [-0.15, -0.1) is 0 Å². The van der Waals surface area contributed by atoms with Crippen LogP contribution < -0.4 is 5.32 Å². The molecule has 3 fully saturated rings. The summed E-state index contributed by atoms with van der Waals surface area (Å²) in [4.78, 5) is 2.42. The number of hydrogen-bond acceptors (Lipinski definition) is 5. The van der Waals surface area contributed by atoms with E-state index in [-0.39, 0.29) is 12.2 Å². The molecule has 3 saturated heterocycles. The maximum Gasteiger partial charge on any atom is 0.282 e. The average molecular weight is 361 g/mol. The molecule has 7 nitrogen and oxygen atoms in total. The van der Waals surface area contributed by atoms with Crippen molar-refractivity contribution in [2.45, 2.75) is 38.9 Å². The predicted octanol–water partition coefficient (Wildman–Crippen LogP) is -0.0424. The van der Waals surface area contributed by atoms with E-state index < -0.39 is 10.2 Å². The van der Waals surface area contributed by atoms with Crippen molar-refractivity contribution in [1.29, 1.82) is 0 Å². The van der Waals surface area contributed by atoms with E-state index in [0.29, 0.717) is 32.1 Å². The highest BCUT2D eigenvalue weighted by Gasteiger charge is 2.36. The third-order valence-corrected chi connectivity index (χ3v) is 7.25. The van der Waals surface area contributed by atoms with Crippen LogP contribution in [0.5, 0.6) is 0 Å². The van der Waals surface area contributed by atoms with Crippen LogP contribution in [-0.4, -0.2) is 93.0 Å². The molecular weight excluding hydrogens is 328 g/mol. The van der Waals surface area contributed by atoms with Gasteiger partial charge in [0.25, 0.3) is 10.2 Å². The van der Waals surface area contributed by atoms with E-state index in [1.54, 1.807) is 8.61 Å². The van der Waals surface area contributed by atoms with E-state index in [0.717, 1.165) is 32.7 Å². The molecule has 140 valence electrons. The number of nitrogens with zero attached hydrogens (tertiary/aromatic N) is 3. The molecule has 0 aromatic heterocycles. The molecule has 0 bridgehead atoms. The summed E-state index contributed by atoms with van der Waals surface area (Å²) in [5.41, 5.74) is 0. The molecule has 3 unspecified atom stereocenters. The summed E-state index contributed by atoms with van der Waals surface area (Å²) in [6.07, 6.45) is 2.47. The summed E-state index contributed by atoms with van der Waals surface area (Å²) < 4.78 is 34.7. The van der Waals surface area contributed by atoms with Gasteiger partial charge in [-0.05, 0) is 45.7 Å². The van der Waals surface area contributed by atoms with E-state index in [4.69, 9.17) is 4.74 Å². The van der Waals surface area contributed by atoms with Crippen LogP contribution in [0.15, 0.2) is 0 Å². The molecule has 0 saturated carbocycles. The molecule has 3 aliphatic heterocycles. The molecule has 3 heterocycles. The van der Waals surface area contributed by atoms with Gasteiger partial charge in [0.2, 0.25) is 0 Å². The summed E-state index contributed by atoms with van der Waals surface area (Å²) in [5.74, 6) is 0.711. The fourth-order valence-electron chi connectivity index (χ4n) is 4.07. The lowest BCUT2D eigenvalue weighted by molar-refractivity contribution is -0.0458. The van der Waals surface area contributed by atoms with Crippen LogP contribution in [-0.2, 0) is 14.9 Å². The fraction of sp³-hybridized carbons (Fsp3) is 1.00. The predicted molar refractivity (Wildman–Crippen MR) is 94.1 cm³/mol. The number of piperidine rings is 1. The Morgan fingerprint density at radius 2 is 1.71 bits per heavy atom. The molecule has 3 rings (SSSR count). The second kappa shape index (κ2) is 7.97. The maximum atomic E-state index is 12.9. The lowest BCUT2D eigenvalue weighted by Crippen LogP contribution is -2.57. The normalized spacial score (nSPS) is 35.2. The Hall–Kier alpha value is -0.250. The van der Waals surface area contributed by atoms with Gasteiger partial charge in [-0.3, -0.25) is 0 Å². The second-order valence-corrected chi connectivity index (χ2v) is 9.42.